The Hall–Kier alpha value is -3.78. The highest BCUT2D eigenvalue weighted by Crippen LogP contribution is 2.30. The number of nitriles is 1. The van der Waals surface area contributed by atoms with Crippen LogP contribution in [0.5, 0.6) is 0 Å². The summed E-state index contributed by atoms with van der Waals surface area (Å²) in [6, 6.07) is 19.8. The number of rotatable bonds is 5. The van der Waals surface area contributed by atoms with E-state index in [0.29, 0.717) is 5.76 Å². The van der Waals surface area contributed by atoms with Gasteiger partial charge in [0.1, 0.15) is 17.4 Å². The van der Waals surface area contributed by atoms with Gasteiger partial charge < -0.3 is 14.3 Å². The first-order chi connectivity index (χ1) is 13.7. The number of furan rings is 1. The van der Waals surface area contributed by atoms with E-state index in [1.54, 1.807) is 24.5 Å². The van der Waals surface area contributed by atoms with Crippen molar-refractivity contribution in [3.8, 4) is 6.07 Å². The summed E-state index contributed by atoms with van der Waals surface area (Å²) in [4.78, 5) is 12.4. The molecule has 0 aliphatic carbocycles. The van der Waals surface area contributed by atoms with Gasteiger partial charge in [-0.15, -0.1) is 0 Å². The van der Waals surface area contributed by atoms with Crippen molar-refractivity contribution in [3.63, 3.8) is 0 Å². The molecule has 2 aromatic carbocycles. The number of hydrogen-bond acceptors (Lipinski definition) is 3. The smallest absolute Gasteiger partial charge is 0.262 e. The van der Waals surface area contributed by atoms with Gasteiger partial charge in [0.2, 0.25) is 0 Å². The molecular formula is C23H19N3O2. The monoisotopic (exact) mass is 369 g/mol. The van der Waals surface area contributed by atoms with Gasteiger partial charge in [-0.2, -0.15) is 5.26 Å². The molecular weight excluding hydrogens is 350 g/mol. The lowest BCUT2D eigenvalue weighted by atomic mass is 10.1. The minimum absolute atomic E-state index is 0.0603. The van der Waals surface area contributed by atoms with E-state index in [9.17, 15) is 10.1 Å². The molecule has 138 valence electrons. The highest BCUT2D eigenvalue weighted by Gasteiger charge is 2.12. The van der Waals surface area contributed by atoms with Crippen molar-refractivity contribution >= 4 is 33.8 Å². The van der Waals surface area contributed by atoms with E-state index in [1.165, 1.54) is 5.52 Å². The van der Waals surface area contributed by atoms with E-state index >= 15 is 0 Å². The van der Waals surface area contributed by atoms with Gasteiger partial charge in [-0.25, -0.2) is 0 Å². The number of hydrogen-bond donors (Lipinski definition) is 1. The molecule has 0 aliphatic heterocycles. The van der Waals surface area contributed by atoms with Crippen molar-refractivity contribution in [2.75, 3.05) is 0 Å². The molecule has 28 heavy (non-hydrogen) atoms. The Bertz CT molecular complexity index is 1220. The zero-order valence-corrected chi connectivity index (χ0v) is 15.5. The zero-order chi connectivity index (χ0) is 19.5. The summed E-state index contributed by atoms with van der Waals surface area (Å²) in [6.07, 6.45) is 3.17. The average Bonchev–Trinajstić information content (AvgIpc) is 3.35. The van der Waals surface area contributed by atoms with Crippen LogP contribution >= 0.6 is 0 Å². The first kappa shape index (κ1) is 17.6. The van der Waals surface area contributed by atoms with E-state index < -0.39 is 5.91 Å². The van der Waals surface area contributed by atoms with Crippen LogP contribution in [0, 0.1) is 11.3 Å². The second-order valence-corrected chi connectivity index (χ2v) is 6.47. The molecule has 0 fully saturated rings. The molecule has 5 nitrogen and oxygen atoms in total. The Kier molecular flexibility index (Phi) is 4.69. The third-order valence-corrected chi connectivity index (χ3v) is 4.79. The van der Waals surface area contributed by atoms with E-state index in [0.717, 1.165) is 28.4 Å². The minimum atomic E-state index is -0.421. The summed E-state index contributed by atoms with van der Waals surface area (Å²) < 4.78 is 7.46. The van der Waals surface area contributed by atoms with E-state index in [4.69, 9.17) is 4.42 Å². The number of nitrogens with zero attached hydrogens (tertiary/aromatic N) is 2. The number of aromatic nitrogens is 1. The number of fused-ring (bicyclic) bond motifs is 3. The molecule has 0 saturated heterocycles. The van der Waals surface area contributed by atoms with Crippen LogP contribution in [0.3, 0.4) is 0 Å². The van der Waals surface area contributed by atoms with Gasteiger partial charge in [0.05, 0.1) is 12.8 Å². The van der Waals surface area contributed by atoms with Crippen LogP contribution in [0.25, 0.3) is 27.9 Å². The molecule has 0 saturated carbocycles. The SMILES string of the molecule is CCn1c2ccccc2c2cc(/C=C(\C#N)C(=O)NCc3ccco3)ccc21. The molecule has 4 rings (SSSR count). The number of para-hydroxylation sites is 1. The molecule has 1 amide bonds. The molecule has 2 heterocycles. The van der Waals surface area contributed by atoms with Crippen LogP contribution in [0.2, 0.25) is 0 Å². The first-order valence-corrected chi connectivity index (χ1v) is 9.14. The molecule has 1 N–H and O–H groups in total. The number of nitrogens with one attached hydrogen (secondary N) is 1. The molecule has 0 bridgehead atoms. The Balaban J connectivity index is 1.68. The average molecular weight is 369 g/mol. The van der Waals surface area contributed by atoms with Crippen molar-refractivity contribution in [1.82, 2.24) is 9.88 Å². The zero-order valence-electron chi connectivity index (χ0n) is 15.5. The second-order valence-electron chi connectivity index (χ2n) is 6.47. The number of carbonyl (C=O) groups is 1. The maximum Gasteiger partial charge on any atom is 0.262 e. The van der Waals surface area contributed by atoms with Crippen LogP contribution in [0.1, 0.15) is 18.2 Å². The van der Waals surface area contributed by atoms with Crippen LogP contribution in [-0.2, 0) is 17.9 Å². The van der Waals surface area contributed by atoms with Gasteiger partial charge >= 0.3 is 0 Å². The fourth-order valence-electron chi connectivity index (χ4n) is 3.49. The topological polar surface area (TPSA) is 71.0 Å². The summed E-state index contributed by atoms with van der Waals surface area (Å²) in [7, 11) is 0. The normalized spacial score (nSPS) is 11.6. The maximum absolute atomic E-state index is 12.4. The fraction of sp³-hybridized carbons (Fsp3) is 0.130. The molecule has 0 unspecified atom stereocenters. The summed E-state index contributed by atoms with van der Waals surface area (Å²) in [6.45, 7) is 3.24. The molecule has 0 aliphatic rings. The van der Waals surface area contributed by atoms with Crippen LogP contribution in [0.4, 0.5) is 0 Å². The summed E-state index contributed by atoms with van der Waals surface area (Å²) in [5.41, 5.74) is 3.20. The standard InChI is InChI=1S/C23H19N3O2/c1-2-26-21-8-4-3-7-19(21)20-13-16(9-10-22(20)26)12-17(14-24)23(27)25-15-18-6-5-11-28-18/h3-13H,2,15H2,1H3,(H,25,27)/b17-12+. The molecule has 0 radical (unpaired) electrons. The first-order valence-electron chi connectivity index (χ1n) is 9.14. The van der Waals surface area contributed by atoms with Crippen molar-refractivity contribution in [3.05, 3.63) is 77.8 Å². The molecule has 0 atom stereocenters. The fourth-order valence-corrected chi connectivity index (χ4v) is 3.49. The van der Waals surface area contributed by atoms with Gasteiger partial charge in [-0.3, -0.25) is 4.79 Å². The largest absolute Gasteiger partial charge is 0.467 e. The number of benzene rings is 2. The van der Waals surface area contributed by atoms with E-state index in [-0.39, 0.29) is 12.1 Å². The Morgan fingerprint density at radius 2 is 1.96 bits per heavy atom. The van der Waals surface area contributed by atoms with E-state index in [2.05, 4.69) is 28.9 Å². The summed E-state index contributed by atoms with van der Waals surface area (Å²) in [5, 5.41) is 14.4. The number of amides is 1. The van der Waals surface area contributed by atoms with Gasteiger partial charge in [0.15, 0.2) is 0 Å². The van der Waals surface area contributed by atoms with Crippen LogP contribution in [-0.4, -0.2) is 10.5 Å². The van der Waals surface area contributed by atoms with E-state index in [1.807, 2.05) is 36.4 Å². The van der Waals surface area contributed by atoms with Crippen LogP contribution in [0.15, 0.2) is 70.9 Å². The Morgan fingerprint density at radius 1 is 1.14 bits per heavy atom. The number of aryl methyl sites for hydroxylation is 1. The highest BCUT2D eigenvalue weighted by atomic mass is 16.3. The van der Waals surface area contributed by atoms with Crippen molar-refractivity contribution in [2.24, 2.45) is 0 Å². The second kappa shape index (κ2) is 7.45. The maximum atomic E-state index is 12.4. The van der Waals surface area contributed by atoms with Crippen molar-refractivity contribution in [1.29, 1.82) is 5.26 Å². The van der Waals surface area contributed by atoms with Gasteiger partial charge in [-0.1, -0.05) is 24.3 Å². The third-order valence-electron chi connectivity index (χ3n) is 4.79. The van der Waals surface area contributed by atoms with Gasteiger partial charge in [0.25, 0.3) is 5.91 Å². The predicted molar refractivity (Wildman–Crippen MR) is 109 cm³/mol. The Labute approximate surface area is 162 Å². The highest BCUT2D eigenvalue weighted by molar-refractivity contribution is 6.09. The Morgan fingerprint density at radius 3 is 2.71 bits per heavy atom. The lowest BCUT2D eigenvalue weighted by molar-refractivity contribution is -0.117. The van der Waals surface area contributed by atoms with Gasteiger partial charge in [-0.05, 0) is 48.9 Å². The van der Waals surface area contributed by atoms with Crippen LogP contribution < -0.4 is 5.32 Å². The lowest BCUT2D eigenvalue weighted by Gasteiger charge is -2.04. The molecule has 2 aromatic heterocycles. The number of carbonyl (C=O) groups excluding carboxylic acids is 1. The van der Waals surface area contributed by atoms with Crippen molar-refractivity contribution in [2.45, 2.75) is 20.0 Å². The summed E-state index contributed by atoms with van der Waals surface area (Å²) in [5.74, 6) is 0.217. The molecule has 5 heteroatoms. The molecule has 4 aromatic rings. The van der Waals surface area contributed by atoms with Gasteiger partial charge in [0, 0.05) is 28.4 Å². The quantitative estimate of drug-likeness (QED) is 0.412. The summed E-state index contributed by atoms with van der Waals surface area (Å²) >= 11 is 0. The predicted octanol–water partition coefficient (Wildman–Crippen LogP) is 4.63. The van der Waals surface area contributed by atoms with Crippen molar-refractivity contribution < 1.29 is 9.21 Å². The lowest BCUT2D eigenvalue weighted by Crippen LogP contribution is -2.23. The molecule has 0 spiro atoms. The third kappa shape index (κ3) is 3.17. The minimum Gasteiger partial charge on any atom is -0.467 e.